The number of rotatable bonds is 7. The molecule has 3 rings (SSSR count). The van der Waals surface area contributed by atoms with E-state index in [9.17, 15) is 4.79 Å². The van der Waals surface area contributed by atoms with E-state index in [2.05, 4.69) is 24.3 Å². The Bertz CT molecular complexity index is 944. The number of halogens is 1. The molecule has 0 aliphatic rings. The van der Waals surface area contributed by atoms with Crippen LogP contribution in [0.5, 0.6) is 0 Å². The molecule has 3 aromatic rings. The minimum atomic E-state index is -0.367. The lowest BCUT2D eigenvalue weighted by Gasteiger charge is -2.16. The number of aromatic nitrogens is 2. The number of carbonyl (C=O) groups is 1. The van der Waals surface area contributed by atoms with Crippen LogP contribution in [0.25, 0.3) is 6.08 Å². The van der Waals surface area contributed by atoms with Gasteiger partial charge >= 0.3 is 0 Å². The predicted octanol–water partition coefficient (Wildman–Crippen LogP) is 5.01. The number of hydrogen-bond donors (Lipinski definition) is 1. The molecule has 146 valence electrons. The second kappa shape index (κ2) is 8.93. The van der Waals surface area contributed by atoms with Gasteiger partial charge in [-0.3, -0.25) is 9.48 Å². The van der Waals surface area contributed by atoms with E-state index in [1.165, 1.54) is 6.08 Å². The van der Waals surface area contributed by atoms with Gasteiger partial charge in [-0.05, 0) is 36.6 Å². The van der Waals surface area contributed by atoms with Gasteiger partial charge in [0.05, 0.1) is 12.0 Å². The molecule has 0 saturated carbocycles. The molecule has 0 radical (unpaired) electrons. The Morgan fingerprint density at radius 1 is 1.25 bits per heavy atom. The van der Waals surface area contributed by atoms with E-state index in [-0.39, 0.29) is 11.9 Å². The molecule has 0 aliphatic heterocycles. The molecule has 0 bridgehead atoms. The fraction of sp³-hybridized carbons (Fsp3) is 0.273. The van der Waals surface area contributed by atoms with E-state index in [1.54, 1.807) is 23.1 Å². The lowest BCUT2D eigenvalue weighted by molar-refractivity contribution is -0.117. The van der Waals surface area contributed by atoms with Crippen LogP contribution in [0.4, 0.5) is 0 Å². The summed E-state index contributed by atoms with van der Waals surface area (Å²) in [5.74, 6) is 0.862. The minimum absolute atomic E-state index is 0.239. The number of hydrogen-bond acceptors (Lipinski definition) is 3. The van der Waals surface area contributed by atoms with Gasteiger partial charge in [-0.25, -0.2) is 0 Å². The van der Waals surface area contributed by atoms with Gasteiger partial charge in [-0.2, -0.15) is 5.10 Å². The first-order valence-electron chi connectivity index (χ1n) is 9.25. The summed E-state index contributed by atoms with van der Waals surface area (Å²) in [4.78, 5) is 12.6. The molecule has 2 aromatic heterocycles. The van der Waals surface area contributed by atoms with E-state index in [4.69, 9.17) is 16.0 Å². The molecule has 0 fully saturated rings. The third-order valence-electron chi connectivity index (χ3n) is 4.30. The predicted molar refractivity (Wildman–Crippen MR) is 111 cm³/mol. The van der Waals surface area contributed by atoms with Gasteiger partial charge in [0.1, 0.15) is 17.0 Å². The first-order valence-corrected chi connectivity index (χ1v) is 9.63. The Kier molecular flexibility index (Phi) is 6.37. The zero-order valence-corrected chi connectivity index (χ0v) is 17.0. The van der Waals surface area contributed by atoms with Crippen molar-refractivity contribution in [3.8, 4) is 0 Å². The van der Waals surface area contributed by atoms with Crippen LogP contribution < -0.4 is 5.32 Å². The summed E-state index contributed by atoms with van der Waals surface area (Å²) in [5, 5.41) is 8.00. The largest absolute Gasteiger partial charge is 0.467 e. The summed E-state index contributed by atoms with van der Waals surface area (Å²) in [7, 11) is 0. The van der Waals surface area contributed by atoms with Crippen LogP contribution in [0.2, 0.25) is 5.15 Å². The summed E-state index contributed by atoms with van der Waals surface area (Å²) in [6, 6.07) is 13.0. The number of furan rings is 1. The van der Waals surface area contributed by atoms with Gasteiger partial charge in [0.25, 0.3) is 0 Å². The van der Waals surface area contributed by atoms with Crippen LogP contribution in [0.3, 0.4) is 0 Å². The SMILES string of the molecule is Cc1nn(CC(C)C)c(Cl)c1/C=C/C(=O)NC(c1ccccc1)c1ccco1. The molecular weight excluding hydrogens is 374 g/mol. The summed E-state index contributed by atoms with van der Waals surface area (Å²) < 4.78 is 7.29. The number of amides is 1. The molecule has 5 nitrogen and oxygen atoms in total. The fourth-order valence-corrected chi connectivity index (χ4v) is 3.30. The van der Waals surface area contributed by atoms with E-state index in [1.807, 2.05) is 43.3 Å². The zero-order valence-electron chi connectivity index (χ0n) is 16.2. The van der Waals surface area contributed by atoms with Crippen LogP contribution in [0.1, 0.15) is 42.5 Å². The van der Waals surface area contributed by atoms with Crippen LogP contribution in [0, 0.1) is 12.8 Å². The standard InChI is InChI=1S/C22H24ClN3O2/c1-15(2)14-26-22(23)18(16(3)25-26)11-12-20(27)24-21(19-10-7-13-28-19)17-8-5-4-6-9-17/h4-13,15,21H,14H2,1-3H3,(H,24,27)/b12-11+. The van der Waals surface area contributed by atoms with E-state index in [0.717, 1.165) is 23.4 Å². The maximum atomic E-state index is 12.6. The molecule has 1 unspecified atom stereocenters. The van der Waals surface area contributed by atoms with Gasteiger partial charge < -0.3 is 9.73 Å². The van der Waals surface area contributed by atoms with Crippen molar-refractivity contribution in [1.29, 1.82) is 0 Å². The average Bonchev–Trinajstić information content (AvgIpc) is 3.28. The van der Waals surface area contributed by atoms with Crippen LogP contribution in [-0.2, 0) is 11.3 Å². The van der Waals surface area contributed by atoms with Crippen molar-refractivity contribution in [2.75, 3.05) is 0 Å². The highest BCUT2D eigenvalue weighted by atomic mass is 35.5. The molecule has 1 N–H and O–H groups in total. The Morgan fingerprint density at radius 2 is 2.00 bits per heavy atom. The maximum Gasteiger partial charge on any atom is 0.244 e. The molecule has 0 spiro atoms. The van der Waals surface area contributed by atoms with E-state index < -0.39 is 0 Å². The van der Waals surface area contributed by atoms with Crippen LogP contribution in [-0.4, -0.2) is 15.7 Å². The van der Waals surface area contributed by atoms with E-state index >= 15 is 0 Å². The maximum absolute atomic E-state index is 12.6. The Labute approximate surface area is 170 Å². The summed E-state index contributed by atoms with van der Waals surface area (Å²) in [6.45, 7) is 6.83. The highest BCUT2D eigenvalue weighted by molar-refractivity contribution is 6.31. The number of nitrogens with zero attached hydrogens (tertiary/aromatic N) is 2. The zero-order chi connectivity index (χ0) is 20.1. The normalized spacial score (nSPS) is 12.6. The molecule has 2 heterocycles. The van der Waals surface area contributed by atoms with Gasteiger partial charge in [0.15, 0.2) is 0 Å². The van der Waals surface area contributed by atoms with Crippen LogP contribution in [0.15, 0.2) is 59.2 Å². The van der Waals surface area contributed by atoms with E-state index in [0.29, 0.717) is 16.8 Å². The van der Waals surface area contributed by atoms with Crippen molar-refractivity contribution in [2.24, 2.45) is 5.92 Å². The number of carbonyl (C=O) groups excluding carboxylic acids is 1. The Hall–Kier alpha value is -2.79. The number of nitrogens with one attached hydrogen (secondary N) is 1. The van der Waals surface area contributed by atoms with Crippen molar-refractivity contribution in [3.63, 3.8) is 0 Å². The molecule has 6 heteroatoms. The topological polar surface area (TPSA) is 60.1 Å². The second-order valence-electron chi connectivity index (χ2n) is 7.07. The summed E-state index contributed by atoms with van der Waals surface area (Å²) >= 11 is 6.44. The molecule has 1 atom stereocenters. The number of benzene rings is 1. The van der Waals surface area contributed by atoms with Gasteiger partial charge in [-0.15, -0.1) is 0 Å². The van der Waals surface area contributed by atoms with Crippen molar-refractivity contribution < 1.29 is 9.21 Å². The molecular formula is C22H24ClN3O2. The smallest absolute Gasteiger partial charge is 0.244 e. The first-order chi connectivity index (χ1) is 13.5. The molecule has 1 amide bonds. The van der Waals surface area contributed by atoms with Crippen molar-refractivity contribution in [2.45, 2.75) is 33.4 Å². The highest BCUT2D eigenvalue weighted by Gasteiger charge is 2.18. The Morgan fingerprint density at radius 3 is 2.64 bits per heavy atom. The van der Waals surface area contributed by atoms with Crippen molar-refractivity contribution >= 4 is 23.6 Å². The third-order valence-corrected chi connectivity index (χ3v) is 4.69. The van der Waals surface area contributed by atoms with Crippen molar-refractivity contribution in [1.82, 2.24) is 15.1 Å². The second-order valence-corrected chi connectivity index (χ2v) is 7.42. The fourth-order valence-electron chi connectivity index (χ4n) is 2.99. The lowest BCUT2D eigenvalue weighted by atomic mass is 10.0. The first kappa shape index (κ1) is 20.0. The van der Waals surface area contributed by atoms with Gasteiger partial charge in [0, 0.05) is 18.2 Å². The van der Waals surface area contributed by atoms with Crippen molar-refractivity contribution in [3.05, 3.63) is 82.5 Å². The Balaban J connectivity index is 1.78. The van der Waals surface area contributed by atoms with Gasteiger partial charge in [0.2, 0.25) is 5.91 Å². The molecule has 0 aliphatic carbocycles. The molecule has 28 heavy (non-hydrogen) atoms. The molecule has 1 aromatic carbocycles. The lowest BCUT2D eigenvalue weighted by Crippen LogP contribution is -2.27. The highest BCUT2D eigenvalue weighted by Crippen LogP contribution is 2.24. The number of aryl methyl sites for hydroxylation is 1. The molecule has 0 saturated heterocycles. The summed E-state index contributed by atoms with van der Waals surface area (Å²) in [5.41, 5.74) is 2.49. The quantitative estimate of drug-likeness (QED) is 0.570. The third kappa shape index (κ3) is 4.73. The monoisotopic (exact) mass is 397 g/mol. The summed E-state index contributed by atoms with van der Waals surface area (Å²) in [6.07, 6.45) is 4.79. The van der Waals surface area contributed by atoms with Crippen LogP contribution >= 0.6 is 11.6 Å². The minimum Gasteiger partial charge on any atom is -0.467 e. The average molecular weight is 398 g/mol. The van der Waals surface area contributed by atoms with Gasteiger partial charge in [-0.1, -0.05) is 55.8 Å².